The van der Waals surface area contributed by atoms with Gasteiger partial charge in [0.15, 0.2) is 0 Å². The van der Waals surface area contributed by atoms with Gasteiger partial charge >= 0.3 is 6.03 Å². The van der Waals surface area contributed by atoms with Crippen molar-refractivity contribution in [1.29, 1.82) is 0 Å². The van der Waals surface area contributed by atoms with Crippen molar-refractivity contribution < 1.29 is 9.53 Å². The molecule has 25 heavy (non-hydrogen) atoms. The number of urea groups is 1. The number of rotatable bonds is 9. The van der Waals surface area contributed by atoms with Crippen molar-refractivity contribution in [3.8, 4) is 5.75 Å². The normalized spacial score (nSPS) is 11.8. The molecular weight excluding hydrogens is 314 g/mol. The Morgan fingerprint density at radius 3 is 2.40 bits per heavy atom. The van der Waals surface area contributed by atoms with Crippen LogP contribution >= 0.6 is 0 Å². The molecule has 1 unspecified atom stereocenters. The average Bonchev–Trinajstić information content (AvgIpc) is 2.61. The van der Waals surface area contributed by atoms with E-state index in [9.17, 15) is 4.79 Å². The van der Waals surface area contributed by atoms with E-state index in [0.717, 1.165) is 37.3 Å². The molecule has 0 bridgehead atoms. The molecule has 134 valence electrons. The van der Waals surface area contributed by atoms with Crippen molar-refractivity contribution in [1.82, 2.24) is 5.32 Å². The topological polar surface area (TPSA) is 76.4 Å². The van der Waals surface area contributed by atoms with Gasteiger partial charge in [0.1, 0.15) is 5.75 Å². The monoisotopic (exact) mass is 341 g/mol. The molecule has 0 saturated carbocycles. The zero-order valence-corrected chi connectivity index (χ0v) is 14.9. The van der Waals surface area contributed by atoms with Crippen LogP contribution in [0.4, 0.5) is 10.5 Å². The Hall–Kier alpha value is -2.53. The molecule has 4 N–H and O–H groups in total. The van der Waals surface area contributed by atoms with E-state index in [4.69, 9.17) is 10.5 Å². The summed E-state index contributed by atoms with van der Waals surface area (Å²) >= 11 is 0. The molecule has 0 fully saturated rings. The number of benzene rings is 2. The molecule has 0 radical (unpaired) electrons. The second kappa shape index (κ2) is 9.69. The number of hydrogen-bond donors (Lipinski definition) is 3. The summed E-state index contributed by atoms with van der Waals surface area (Å²) in [6, 6.07) is 15.5. The van der Waals surface area contributed by atoms with Gasteiger partial charge in [0, 0.05) is 18.3 Å². The third-order valence-electron chi connectivity index (χ3n) is 3.98. The van der Waals surface area contributed by atoms with E-state index in [1.165, 1.54) is 5.56 Å². The van der Waals surface area contributed by atoms with E-state index >= 15 is 0 Å². The Kier molecular flexibility index (Phi) is 7.29. The molecule has 0 aliphatic rings. The Morgan fingerprint density at radius 2 is 1.80 bits per heavy atom. The lowest BCUT2D eigenvalue weighted by Gasteiger charge is -2.15. The minimum atomic E-state index is -0.555. The number of nitrogens with one attached hydrogen (secondary N) is 2. The first kappa shape index (κ1) is 18.8. The van der Waals surface area contributed by atoms with Crippen LogP contribution in [-0.4, -0.2) is 12.6 Å². The van der Waals surface area contributed by atoms with Crippen LogP contribution in [-0.2, 0) is 6.54 Å². The summed E-state index contributed by atoms with van der Waals surface area (Å²) < 4.78 is 5.68. The highest BCUT2D eigenvalue weighted by Crippen LogP contribution is 2.17. The number of hydrogen-bond acceptors (Lipinski definition) is 3. The van der Waals surface area contributed by atoms with Crippen molar-refractivity contribution in [3.05, 3.63) is 59.7 Å². The first-order valence-corrected chi connectivity index (χ1v) is 8.70. The molecule has 0 aliphatic carbocycles. The number of primary amides is 1. The first-order valence-electron chi connectivity index (χ1n) is 8.70. The molecule has 0 spiro atoms. The molecule has 2 amide bonds. The first-order chi connectivity index (χ1) is 12.1. The Labute approximate surface area is 149 Å². The van der Waals surface area contributed by atoms with Gasteiger partial charge in [-0.3, -0.25) is 0 Å². The van der Waals surface area contributed by atoms with Crippen LogP contribution in [0.25, 0.3) is 0 Å². The molecule has 2 aromatic carbocycles. The van der Waals surface area contributed by atoms with Gasteiger partial charge in [0.05, 0.1) is 6.61 Å². The highest BCUT2D eigenvalue weighted by molar-refractivity contribution is 5.87. The van der Waals surface area contributed by atoms with E-state index in [0.29, 0.717) is 5.69 Å². The molecule has 1 atom stereocenters. The zero-order chi connectivity index (χ0) is 18.1. The summed E-state index contributed by atoms with van der Waals surface area (Å²) in [6.45, 7) is 5.81. The van der Waals surface area contributed by atoms with Crippen molar-refractivity contribution >= 4 is 11.7 Å². The minimum absolute atomic E-state index is 0.197. The molecular formula is C20H27N3O2. The number of carbonyl (C=O) groups is 1. The summed E-state index contributed by atoms with van der Waals surface area (Å²) in [7, 11) is 0. The van der Waals surface area contributed by atoms with E-state index in [1.807, 2.05) is 36.4 Å². The summed E-state index contributed by atoms with van der Waals surface area (Å²) in [4.78, 5) is 10.8. The lowest BCUT2D eigenvalue weighted by Crippen LogP contribution is -2.20. The van der Waals surface area contributed by atoms with Crippen molar-refractivity contribution in [2.24, 2.45) is 5.73 Å². The quantitative estimate of drug-likeness (QED) is 0.598. The van der Waals surface area contributed by atoms with Gasteiger partial charge < -0.3 is 21.1 Å². The van der Waals surface area contributed by atoms with E-state index in [2.05, 4.69) is 36.6 Å². The third-order valence-corrected chi connectivity index (χ3v) is 3.98. The molecule has 5 heteroatoms. The number of ether oxygens (including phenoxy) is 1. The fourth-order valence-electron chi connectivity index (χ4n) is 2.42. The molecule has 5 nitrogen and oxygen atoms in total. The Morgan fingerprint density at radius 1 is 1.12 bits per heavy atom. The highest BCUT2D eigenvalue weighted by atomic mass is 16.5. The maximum atomic E-state index is 10.8. The summed E-state index contributed by atoms with van der Waals surface area (Å²) in [5.41, 5.74) is 8.16. The van der Waals surface area contributed by atoms with Gasteiger partial charge in [0.2, 0.25) is 0 Å². The third kappa shape index (κ3) is 6.47. The van der Waals surface area contributed by atoms with Crippen LogP contribution in [0.2, 0.25) is 0 Å². The van der Waals surface area contributed by atoms with Crippen LogP contribution < -0.4 is 21.1 Å². The van der Waals surface area contributed by atoms with Gasteiger partial charge in [0.25, 0.3) is 0 Å². The summed E-state index contributed by atoms with van der Waals surface area (Å²) in [5, 5.41) is 6.05. The zero-order valence-electron chi connectivity index (χ0n) is 14.9. The lowest BCUT2D eigenvalue weighted by molar-refractivity contribution is 0.259. The smallest absolute Gasteiger partial charge is 0.316 e. The Bertz CT molecular complexity index is 654. The molecule has 0 aromatic heterocycles. The van der Waals surface area contributed by atoms with Crippen molar-refractivity contribution in [2.75, 3.05) is 11.9 Å². The van der Waals surface area contributed by atoms with Crippen LogP contribution in [0.3, 0.4) is 0 Å². The van der Waals surface area contributed by atoms with Crippen LogP contribution in [0, 0.1) is 0 Å². The standard InChI is InChI=1S/C20H27N3O2/c1-3-4-13-25-19-11-5-16(6-12-19)14-22-15(2)17-7-9-18(10-8-17)23-20(21)24/h5-12,15,22H,3-4,13-14H2,1-2H3,(H3,21,23,24). The molecule has 2 rings (SSSR count). The van der Waals surface area contributed by atoms with Gasteiger partial charge in [-0.15, -0.1) is 0 Å². The molecule has 0 aliphatic heterocycles. The maximum Gasteiger partial charge on any atom is 0.316 e. The van der Waals surface area contributed by atoms with Gasteiger partial charge in [-0.25, -0.2) is 4.79 Å². The van der Waals surface area contributed by atoms with Gasteiger partial charge in [-0.2, -0.15) is 0 Å². The average molecular weight is 341 g/mol. The van der Waals surface area contributed by atoms with E-state index < -0.39 is 6.03 Å². The van der Waals surface area contributed by atoms with Gasteiger partial charge in [-0.1, -0.05) is 37.6 Å². The Balaban J connectivity index is 1.82. The number of amides is 2. The number of nitrogens with two attached hydrogens (primary N) is 1. The molecule has 0 heterocycles. The van der Waals surface area contributed by atoms with Crippen molar-refractivity contribution in [2.45, 2.75) is 39.3 Å². The van der Waals surface area contributed by atoms with Crippen LogP contribution in [0.1, 0.15) is 43.9 Å². The number of carbonyl (C=O) groups excluding carboxylic acids is 1. The highest BCUT2D eigenvalue weighted by Gasteiger charge is 2.06. The van der Waals surface area contributed by atoms with E-state index in [-0.39, 0.29) is 6.04 Å². The van der Waals surface area contributed by atoms with Crippen molar-refractivity contribution in [3.63, 3.8) is 0 Å². The largest absolute Gasteiger partial charge is 0.494 e. The molecule has 0 saturated heterocycles. The van der Waals surface area contributed by atoms with Crippen LogP contribution in [0.15, 0.2) is 48.5 Å². The minimum Gasteiger partial charge on any atom is -0.494 e. The van der Waals surface area contributed by atoms with E-state index in [1.54, 1.807) is 0 Å². The number of anilines is 1. The summed E-state index contributed by atoms with van der Waals surface area (Å²) in [5.74, 6) is 0.919. The van der Waals surface area contributed by atoms with Gasteiger partial charge in [-0.05, 0) is 48.7 Å². The summed E-state index contributed by atoms with van der Waals surface area (Å²) in [6.07, 6.45) is 2.22. The SMILES string of the molecule is CCCCOc1ccc(CNC(C)c2ccc(NC(N)=O)cc2)cc1. The predicted molar refractivity (Wildman–Crippen MR) is 102 cm³/mol. The number of unbranched alkanes of at least 4 members (excludes halogenated alkanes) is 1. The lowest BCUT2D eigenvalue weighted by atomic mass is 10.1. The fraction of sp³-hybridized carbons (Fsp3) is 0.350. The second-order valence-electron chi connectivity index (χ2n) is 6.06. The molecule has 2 aromatic rings. The predicted octanol–water partition coefficient (Wildman–Crippen LogP) is 4.21. The maximum absolute atomic E-state index is 10.8. The fourth-order valence-corrected chi connectivity index (χ4v) is 2.42. The van der Waals surface area contributed by atoms with Crippen LogP contribution in [0.5, 0.6) is 5.75 Å². The second-order valence-corrected chi connectivity index (χ2v) is 6.06.